The highest BCUT2D eigenvalue weighted by atomic mass is 16.4. The lowest BCUT2D eigenvalue weighted by atomic mass is 9.99. The molecule has 76 valence electrons. The number of aromatic nitrogens is 3. The lowest BCUT2D eigenvalue weighted by molar-refractivity contribution is -0.142. The molecule has 0 radical (unpaired) electrons. The minimum Gasteiger partial charge on any atom is -0.481 e. The molecule has 6 nitrogen and oxygen atoms in total. The van der Waals surface area contributed by atoms with Crippen molar-refractivity contribution in [3.05, 3.63) is 11.6 Å². The third kappa shape index (κ3) is 1.48. The fraction of sp³-hybridized carbons (Fsp3) is 0.625. The monoisotopic (exact) mass is 196 g/mol. The summed E-state index contributed by atoms with van der Waals surface area (Å²) in [4.78, 5) is 14.9. The van der Waals surface area contributed by atoms with E-state index >= 15 is 0 Å². The van der Waals surface area contributed by atoms with Crippen LogP contribution in [-0.4, -0.2) is 25.8 Å². The maximum absolute atomic E-state index is 10.8. The standard InChI is InChI=1S/C8H12N4O2/c9-4-6-10-7-3-5(8(13)14)1-2-12(7)11-6/h5H,1-4,9H2,(H,13,14). The summed E-state index contributed by atoms with van der Waals surface area (Å²) in [6, 6.07) is 0. The molecule has 2 rings (SSSR count). The Labute approximate surface area is 80.7 Å². The molecule has 0 aromatic carbocycles. The van der Waals surface area contributed by atoms with E-state index in [2.05, 4.69) is 10.1 Å². The fourth-order valence-corrected chi connectivity index (χ4v) is 1.65. The number of rotatable bonds is 2. The average Bonchev–Trinajstić information content (AvgIpc) is 2.58. The zero-order valence-electron chi connectivity index (χ0n) is 7.68. The number of carboxylic acid groups (broad SMARTS) is 1. The summed E-state index contributed by atoms with van der Waals surface area (Å²) in [6.07, 6.45) is 1.08. The lowest BCUT2D eigenvalue weighted by Crippen LogP contribution is -2.26. The molecule has 2 heterocycles. The van der Waals surface area contributed by atoms with E-state index in [0.717, 1.165) is 5.82 Å². The van der Waals surface area contributed by atoms with Crippen molar-refractivity contribution < 1.29 is 9.90 Å². The average molecular weight is 196 g/mol. The van der Waals surface area contributed by atoms with Gasteiger partial charge in [0.15, 0.2) is 5.82 Å². The van der Waals surface area contributed by atoms with E-state index in [0.29, 0.717) is 31.8 Å². The summed E-state index contributed by atoms with van der Waals surface area (Å²) < 4.78 is 1.75. The molecule has 0 amide bonds. The van der Waals surface area contributed by atoms with Gasteiger partial charge in [-0.15, -0.1) is 0 Å². The normalized spacial score (nSPS) is 20.5. The molecule has 0 saturated heterocycles. The summed E-state index contributed by atoms with van der Waals surface area (Å²) in [5, 5.41) is 13.0. The van der Waals surface area contributed by atoms with Crippen molar-refractivity contribution in [2.24, 2.45) is 11.7 Å². The van der Waals surface area contributed by atoms with Gasteiger partial charge in [-0.2, -0.15) is 5.10 Å². The van der Waals surface area contributed by atoms with Crippen molar-refractivity contribution >= 4 is 5.97 Å². The predicted molar refractivity (Wildman–Crippen MR) is 47.4 cm³/mol. The van der Waals surface area contributed by atoms with Gasteiger partial charge in [0.2, 0.25) is 0 Å². The van der Waals surface area contributed by atoms with Crippen LogP contribution in [0.1, 0.15) is 18.1 Å². The lowest BCUT2D eigenvalue weighted by Gasteiger charge is -2.17. The molecule has 1 aliphatic rings. The van der Waals surface area contributed by atoms with Gasteiger partial charge < -0.3 is 10.8 Å². The Morgan fingerprint density at radius 3 is 3.14 bits per heavy atom. The fourth-order valence-electron chi connectivity index (χ4n) is 1.65. The molecule has 1 aromatic heterocycles. The van der Waals surface area contributed by atoms with Gasteiger partial charge in [0.25, 0.3) is 0 Å². The van der Waals surface area contributed by atoms with Gasteiger partial charge in [0.05, 0.1) is 12.5 Å². The number of nitrogens with two attached hydrogens (primary N) is 1. The van der Waals surface area contributed by atoms with Crippen LogP contribution in [-0.2, 0) is 24.3 Å². The van der Waals surface area contributed by atoms with Crippen LogP contribution in [0, 0.1) is 5.92 Å². The minimum atomic E-state index is -0.756. The molecule has 0 fully saturated rings. The summed E-state index contributed by atoms with van der Waals surface area (Å²) in [5.41, 5.74) is 5.40. The quantitative estimate of drug-likeness (QED) is 0.657. The highest BCUT2D eigenvalue weighted by molar-refractivity contribution is 5.70. The first-order valence-corrected chi connectivity index (χ1v) is 4.56. The smallest absolute Gasteiger partial charge is 0.307 e. The predicted octanol–water partition coefficient (Wildman–Crippen LogP) is -0.616. The molecule has 0 saturated carbocycles. The van der Waals surface area contributed by atoms with E-state index in [1.807, 2.05) is 0 Å². The van der Waals surface area contributed by atoms with E-state index in [4.69, 9.17) is 10.8 Å². The molecule has 14 heavy (non-hydrogen) atoms. The topological polar surface area (TPSA) is 94.0 Å². The second-order valence-electron chi connectivity index (χ2n) is 3.40. The van der Waals surface area contributed by atoms with Gasteiger partial charge in [0.1, 0.15) is 5.82 Å². The number of aliphatic carboxylic acids is 1. The summed E-state index contributed by atoms with van der Waals surface area (Å²) in [6.45, 7) is 0.928. The maximum atomic E-state index is 10.8. The second kappa shape index (κ2) is 3.38. The van der Waals surface area contributed by atoms with Crippen molar-refractivity contribution in [3.63, 3.8) is 0 Å². The Hall–Kier alpha value is -1.43. The Bertz CT molecular complexity index is 360. The molecular formula is C8H12N4O2. The zero-order valence-corrected chi connectivity index (χ0v) is 7.68. The third-order valence-corrected chi connectivity index (χ3v) is 2.44. The van der Waals surface area contributed by atoms with Crippen molar-refractivity contribution in [2.45, 2.75) is 25.9 Å². The minimum absolute atomic E-state index is 0.303. The van der Waals surface area contributed by atoms with Crippen molar-refractivity contribution in [1.29, 1.82) is 0 Å². The van der Waals surface area contributed by atoms with Crippen LogP contribution >= 0.6 is 0 Å². The van der Waals surface area contributed by atoms with Crippen molar-refractivity contribution in [3.8, 4) is 0 Å². The number of fused-ring (bicyclic) bond motifs is 1. The SMILES string of the molecule is NCc1nc2n(n1)CCC(C(=O)O)C2. The van der Waals surface area contributed by atoms with Crippen molar-refractivity contribution in [2.75, 3.05) is 0 Å². The van der Waals surface area contributed by atoms with Gasteiger partial charge in [0, 0.05) is 13.0 Å². The van der Waals surface area contributed by atoms with Crippen LogP contribution in [0.15, 0.2) is 0 Å². The molecule has 1 unspecified atom stereocenters. The molecule has 6 heteroatoms. The Balaban J connectivity index is 2.21. The van der Waals surface area contributed by atoms with Gasteiger partial charge in [-0.05, 0) is 6.42 Å². The van der Waals surface area contributed by atoms with E-state index in [1.54, 1.807) is 4.68 Å². The van der Waals surface area contributed by atoms with E-state index in [1.165, 1.54) is 0 Å². The first-order chi connectivity index (χ1) is 6.70. The molecule has 0 spiro atoms. The first kappa shape index (κ1) is 9.14. The van der Waals surface area contributed by atoms with Crippen LogP contribution in [0.3, 0.4) is 0 Å². The van der Waals surface area contributed by atoms with Crippen LogP contribution < -0.4 is 5.73 Å². The Morgan fingerprint density at radius 1 is 1.71 bits per heavy atom. The second-order valence-corrected chi connectivity index (χ2v) is 3.40. The van der Waals surface area contributed by atoms with Crippen LogP contribution in [0.5, 0.6) is 0 Å². The van der Waals surface area contributed by atoms with Crippen LogP contribution in [0.2, 0.25) is 0 Å². The molecule has 1 aromatic rings. The Morgan fingerprint density at radius 2 is 2.50 bits per heavy atom. The molecule has 0 bridgehead atoms. The molecule has 0 aliphatic carbocycles. The van der Waals surface area contributed by atoms with E-state index in [-0.39, 0.29) is 5.92 Å². The van der Waals surface area contributed by atoms with E-state index in [9.17, 15) is 4.79 Å². The number of hydrogen-bond donors (Lipinski definition) is 2. The number of carbonyl (C=O) groups is 1. The summed E-state index contributed by atoms with van der Waals surface area (Å²) in [5.74, 6) is 0.251. The highest BCUT2D eigenvalue weighted by Gasteiger charge is 2.26. The number of aryl methyl sites for hydroxylation is 1. The largest absolute Gasteiger partial charge is 0.481 e. The zero-order chi connectivity index (χ0) is 10.1. The third-order valence-electron chi connectivity index (χ3n) is 2.44. The van der Waals surface area contributed by atoms with Crippen LogP contribution in [0.4, 0.5) is 0 Å². The van der Waals surface area contributed by atoms with Gasteiger partial charge >= 0.3 is 5.97 Å². The van der Waals surface area contributed by atoms with Gasteiger partial charge in [-0.3, -0.25) is 4.79 Å². The number of nitrogens with zero attached hydrogens (tertiary/aromatic N) is 3. The van der Waals surface area contributed by atoms with Crippen LogP contribution in [0.25, 0.3) is 0 Å². The van der Waals surface area contributed by atoms with Gasteiger partial charge in [-0.1, -0.05) is 0 Å². The number of carboxylic acids is 1. The number of hydrogen-bond acceptors (Lipinski definition) is 4. The maximum Gasteiger partial charge on any atom is 0.307 e. The molecule has 3 N–H and O–H groups in total. The highest BCUT2D eigenvalue weighted by Crippen LogP contribution is 2.18. The van der Waals surface area contributed by atoms with Gasteiger partial charge in [-0.25, -0.2) is 9.67 Å². The van der Waals surface area contributed by atoms with E-state index < -0.39 is 5.97 Å². The Kier molecular flexibility index (Phi) is 2.20. The summed E-state index contributed by atoms with van der Waals surface area (Å²) >= 11 is 0. The summed E-state index contributed by atoms with van der Waals surface area (Å²) in [7, 11) is 0. The van der Waals surface area contributed by atoms with Crippen molar-refractivity contribution in [1.82, 2.24) is 14.8 Å². The molecular weight excluding hydrogens is 184 g/mol. The molecule has 1 atom stereocenters. The molecule has 1 aliphatic heterocycles. The first-order valence-electron chi connectivity index (χ1n) is 4.56.